The van der Waals surface area contributed by atoms with Crippen LogP contribution in [-0.2, 0) is 38.0 Å². The van der Waals surface area contributed by atoms with Crippen LogP contribution in [-0.4, -0.2) is 57.9 Å². The van der Waals surface area contributed by atoms with Crippen molar-refractivity contribution in [3.63, 3.8) is 0 Å². The average molecular weight is 396 g/mol. The molecule has 0 radical (unpaired) electrons. The van der Waals surface area contributed by atoms with Crippen LogP contribution >= 0.6 is 7.60 Å². The second-order valence-electron chi connectivity index (χ2n) is 5.31. The van der Waals surface area contributed by atoms with Crippen LogP contribution in [0.1, 0.15) is 34.1 Å². The zero-order chi connectivity index (χ0) is 18.4. The largest absolute Gasteiger partial charge is 0.338 e. The van der Waals surface area contributed by atoms with E-state index in [1.54, 1.807) is 13.8 Å². The predicted molar refractivity (Wildman–Crippen MR) is 85.7 cm³/mol. The molecule has 0 rings (SSSR count). The highest BCUT2D eigenvalue weighted by Crippen LogP contribution is 2.59. The first-order valence-electron chi connectivity index (χ1n) is 7.00. The highest BCUT2D eigenvalue weighted by molar-refractivity contribution is 7.87. The van der Waals surface area contributed by atoms with Gasteiger partial charge in [-0.3, -0.25) is 13.3 Å². The van der Waals surface area contributed by atoms with E-state index in [1.807, 2.05) is 0 Å². The number of rotatable bonds is 12. The minimum atomic E-state index is -4.23. The summed E-state index contributed by atoms with van der Waals surface area (Å²) in [7, 11) is -11.9. The quantitative estimate of drug-likeness (QED) is 0.297. The molecule has 0 aliphatic carbocycles. The maximum absolute atomic E-state index is 12.7. The molecule has 23 heavy (non-hydrogen) atoms. The molecular weight excluding hydrogens is 371 g/mol. The van der Waals surface area contributed by atoms with E-state index in [2.05, 4.69) is 0 Å². The molecule has 0 saturated heterocycles. The van der Waals surface area contributed by atoms with Gasteiger partial charge in [-0.15, -0.1) is 0 Å². The fraction of sp³-hybridized carbons (Fsp3) is 1.00. The van der Waals surface area contributed by atoms with Gasteiger partial charge >= 0.3 is 7.60 Å². The van der Waals surface area contributed by atoms with E-state index < -0.39 is 51.1 Å². The first-order valence-corrected chi connectivity index (χ1v) is 11.7. The summed E-state index contributed by atoms with van der Waals surface area (Å²) in [6.45, 7) is 6.06. The maximum Gasteiger partial charge on any atom is 0.338 e. The lowest BCUT2D eigenvalue weighted by atomic mass is 10.2. The molecule has 0 bridgehead atoms. The number of hydrogen-bond donors (Lipinski definition) is 1. The first kappa shape index (κ1) is 23.0. The summed E-state index contributed by atoms with van der Waals surface area (Å²) in [6, 6.07) is 0. The Balaban J connectivity index is 4.81. The molecule has 0 atom stereocenters. The van der Waals surface area contributed by atoms with E-state index in [-0.39, 0.29) is 19.6 Å². The van der Waals surface area contributed by atoms with Crippen molar-refractivity contribution in [3.05, 3.63) is 0 Å². The van der Waals surface area contributed by atoms with Crippen LogP contribution in [0.5, 0.6) is 0 Å². The third kappa shape index (κ3) is 8.57. The lowest BCUT2D eigenvalue weighted by Gasteiger charge is -2.32. The Labute approximate surface area is 138 Å². The fourth-order valence-electron chi connectivity index (χ4n) is 1.52. The third-order valence-electron chi connectivity index (χ3n) is 2.73. The normalized spacial score (nSPS) is 14.1. The van der Waals surface area contributed by atoms with Gasteiger partial charge < -0.3 is 9.05 Å². The zero-order valence-electron chi connectivity index (χ0n) is 13.7. The van der Waals surface area contributed by atoms with Crippen LogP contribution in [0.25, 0.3) is 0 Å². The molecule has 0 aliphatic rings. The van der Waals surface area contributed by atoms with Gasteiger partial charge in [-0.25, -0.2) is 0 Å². The molecule has 12 heteroatoms. The Bertz CT molecular complexity index is 599. The summed E-state index contributed by atoms with van der Waals surface area (Å²) in [5.41, 5.74) is 0. The summed E-state index contributed by atoms with van der Waals surface area (Å²) in [5, 5.41) is -1.21. The van der Waals surface area contributed by atoms with Crippen LogP contribution in [0.3, 0.4) is 0 Å². The van der Waals surface area contributed by atoms with Gasteiger partial charge in [-0.2, -0.15) is 16.8 Å². The molecule has 0 amide bonds. The maximum atomic E-state index is 12.7. The molecule has 0 heterocycles. The second kappa shape index (κ2) is 8.89. The van der Waals surface area contributed by atoms with E-state index in [0.29, 0.717) is 0 Å². The number of hydrogen-bond acceptors (Lipinski definition) is 8. The van der Waals surface area contributed by atoms with Crippen molar-refractivity contribution in [2.45, 2.75) is 39.3 Å². The standard InChI is InChI=1S/C11H25O9PS2/c1-5-18-21(12,19-6-2)11(3,4)10-20-23(16,17)9-7-8-22(13,14)15/h5-10H2,1-4H3,(H,13,14,15). The molecule has 9 nitrogen and oxygen atoms in total. The van der Waals surface area contributed by atoms with E-state index in [9.17, 15) is 21.4 Å². The van der Waals surface area contributed by atoms with Crippen LogP contribution in [0.2, 0.25) is 0 Å². The molecular formula is C11H25O9PS2. The van der Waals surface area contributed by atoms with E-state index in [4.69, 9.17) is 17.8 Å². The zero-order valence-corrected chi connectivity index (χ0v) is 16.2. The first-order chi connectivity index (χ1) is 10.3. The van der Waals surface area contributed by atoms with E-state index in [0.717, 1.165) is 0 Å². The minimum Gasteiger partial charge on any atom is -0.308 e. The molecule has 0 saturated carbocycles. The van der Waals surface area contributed by atoms with Crippen LogP contribution < -0.4 is 0 Å². The van der Waals surface area contributed by atoms with E-state index >= 15 is 0 Å². The van der Waals surface area contributed by atoms with Gasteiger partial charge in [0.2, 0.25) is 0 Å². The van der Waals surface area contributed by atoms with Crippen molar-refractivity contribution in [1.29, 1.82) is 0 Å². The molecule has 0 unspecified atom stereocenters. The van der Waals surface area contributed by atoms with Gasteiger partial charge in [-0.05, 0) is 34.1 Å². The smallest absolute Gasteiger partial charge is 0.308 e. The predicted octanol–water partition coefficient (Wildman–Crippen LogP) is 1.66. The third-order valence-corrected chi connectivity index (χ3v) is 7.61. The molecule has 0 aromatic heterocycles. The van der Waals surface area contributed by atoms with Gasteiger partial charge in [0.1, 0.15) is 0 Å². The van der Waals surface area contributed by atoms with Crippen LogP contribution in [0.4, 0.5) is 0 Å². The highest BCUT2D eigenvalue weighted by Gasteiger charge is 2.44. The second-order valence-corrected chi connectivity index (χ2v) is 11.4. The fourth-order valence-corrected chi connectivity index (χ4v) is 5.06. The Morgan fingerprint density at radius 2 is 1.48 bits per heavy atom. The summed E-state index contributed by atoms with van der Waals surface area (Å²) in [6.07, 6.45) is -0.309. The van der Waals surface area contributed by atoms with Crippen molar-refractivity contribution in [1.82, 2.24) is 0 Å². The molecule has 140 valence electrons. The summed E-state index contributed by atoms with van der Waals surface area (Å²) in [4.78, 5) is 0. The lowest BCUT2D eigenvalue weighted by Crippen LogP contribution is -2.31. The Kier molecular flexibility index (Phi) is 8.88. The molecule has 0 aromatic carbocycles. The van der Waals surface area contributed by atoms with Gasteiger partial charge in [-0.1, -0.05) is 0 Å². The summed E-state index contributed by atoms with van der Waals surface area (Å²) in [5.74, 6) is -1.27. The molecule has 0 spiro atoms. The Morgan fingerprint density at radius 1 is 1.00 bits per heavy atom. The van der Waals surface area contributed by atoms with E-state index in [1.165, 1.54) is 13.8 Å². The molecule has 0 aliphatic heterocycles. The van der Waals surface area contributed by atoms with Crippen LogP contribution in [0.15, 0.2) is 0 Å². The minimum absolute atomic E-state index is 0.127. The van der Waals surface area contributed by atoms with Crippen molar-refractivity contribution in [3.8, 4) is 0 Å². The van der Waals surface area contributed by atoms with Gasteiger partial charge in [0, 0.05) is 0 Å². The van der Waals surface area contributed by atoms with Crippen molar-refractivity contribution >= 4 is 27.8 Å². The summed E-state index contributed by atoms with van der Waals surface area (Å²) >= 11 is 0. The Morgan fingerprint density at radius 3 is 1.87 bits per heavy atom. The lowest BCUT2D eigenvalue weighted by molar-refractivity contribution is 0.181. The average Bonchev–Trinajstić information content (AvgIpc) is 2.35. The SMILES string of the molecule is CCOP(=O)(OCC)C(C)(C)COS(=O)(=O)CCCS(=O)(=O)O. The summed E-state index contributed by atoms with van der Waals surface area (Å²) < 4.78 is 81.0. The molecule has 0 fully saturated rings. The monoisotopic (exact) mass is 396 g/mol. The Hall–Kier alpha value is -0.0300. The van der Waals surface area contributed by atoms with Gasteiger partial charge in [0.25, 0.3) is 20.2 Å². The van der Waals surface area contributed by atoms with Crippen molar-refractivity contribution in [2.24, 2.45) is 0 Å². The van der Waals surface area contributed by atoms with Crippen molar-refractivity contribution < 1.29 is 39.2 Å². The molecule has 1 N–H and O–H groups in total. The van der Waals surface area contributed by atoms with Gasteiger partial charge in [0.15, 0.2) is 0 Å². The highest BCUT2D eigenvalue weighted by atomic mass is 32.2. The topological polar surface area (TPSA) is 133 Å². The molecule has 0 aromatic rings. The van der Waals surface area contributed by atoms with Gasteiger partial charge in [0.05, 0.1) is 36.5 Å². The van der Waals surface area contributed by atoms with Crippen LogP contribution in [0, 0.1) is 0 Å². The van der Waals surface area contributed by atoms with Crippen molar-refractivity contribution in [2.75, 3.05) is 31.3 Å².